The molecule has 8 heteroatoms. The van der Waals surface area contributed by atoms with Gasteiger partial charge in [0.1, 0.15) is 0 Å². The Hall–Kier alpha value is -3.70. The Labute approximate surface area is 229 Å². The van der Waals surface area contributed by atoms with Gasteiger partial charge in [0.05, 0.1) is 28.2 Å². The number of amides is 2. The maximum Gasteiger partial charge on any atom is 0.335 e. The molecule has 1 saturated carbocycles. The van der Waals surface area contributed by atoms with E-state index in [0.717, 1.165) is 31.2 Å². The molecule has 1 aliphatic heterocycles. The van der Waals surface area contributed by atoms with Gasteiger partial charge in [-0.2, -0.15) is 5.26 Å². The number of nitriles is 1. The second-order valence-corrected chi connectivity index (χ2v) is 11.9. The molecule has 206 valence electrons. The highest BCUT2D eigenvalue weighted by molar-refractivity contribution is 5.97. The first-order valence-electron chi connectivity index (χ1n) is 13.6. The number of likely N-dealkylation sites (tertiary alicyclic amines) is 1. The zero-order chi connectivity index (χ0) is 28.4. The molecule has 3 N–H and O–H groups in total. The van der Waals surface area contributed by atoms with Crippen molar-refractivity contribution in [1.82, 2.24) is 10.2 Å². The molecule has 1 unspecified atom stereocenters. The van der Waals surface area contributed by atoms with E-state index in [1.54, 1.807) is 36.4 Å². The number of rotatable bonds is 6. The van der Waals surface area contributed by atoms with Gasteiger partial charge in [-0.3, -0.25) is 9.59 Å². The average molecular weight is 532 g/mol. The van der Waals surface area contributed by atoms with Crippen molar-refractivity contribution in [2.75, 3.05) is 19.6 Å². The predicted molar refractivity (Wildman–Crippen MR) is 146 cm³/mol. The SMILES string of the molecule is CC1(C(=O)N2CC[C@](O)(c3ccc(C#N)cc3)C(C)(C)C2)CCCC[C@H]1CNC(=O)c1cccc(C(=O)O)c1. The highest BCUT2D eigenvalue weighted by Gasteiger charge is 2.52. The Morgan fingerprint density at radius 3 is 2.38 bits per heavy atom. The number of carboxylic acids is 1. The van der Waals surface area contributed by atoms with Crippen LogP contribution in [-0.2, 0) is 10.4 Å². The molecule has 2 aliphatic rings. The molecular formula is C31H37N3O5. The standard InChI is InChI=1S/C31H37N3O5/c1-29(2)20-34(16-15-31(29,39)24-12-10-21(18-32)11-13-24)28(38)30(3)14-5-4-9-25(30)19-33-26(35)22-7-6-8-23(17-22)27(36)37/h6-8,10-13,17,25,39H,4-5,9,14-16,19-20H2,1-3H3,(H,33,35)(H,36,37)/t25-,30?,31-/m0/s1. The first-order valence-corrected chi connectivity index (χ1v) is 13.6. The smallest absolute Gasteiger partial charge is 0.335 e. The Morgan fingerprint density at radius 1 is 1.05 bits per heavy atom. The molecule has 0 aromatic heterocycles. The van der Waals surface area contributed by atoms with Crippen LogP contribution in [0.15, 0.2) is 48.5 Å². The summed E-state index contributed by atoms with van der Waals surface area (Å²) in [6, 6.07) is 15.0. The van der Waals surface area contributed by atoms with Crippen molar-refractivity contribution in [3.63, 3.8) is 0 Å². The lowest BCUT2D eigenvalue weighted by molar-refractivity contribution is -0.165. The third kappa shape index (κ3) is 5.41. The minimum Gasteiger partial charge on any atom is -0.478 e. The number of nitrogens with zero attached hydrogens (tertiary/aromatic N) is 2. The Balaban J connectivity index is 1.47. The van der Waals surface area contributed by atoms with E-state index in [9.17, 15) is 24.6 Å². The topological polar surface area (TPSA) is 131 Å². The number of hydrogen-bond donors (Lipinski definition) is 3. The summed E-state index contributed by atoms with van der Waals surface area (Å²) in [6.07, 6.45) is 3.82. The minimum atomic E-state index is -1.14. The van der Waals surface area contributed by atoms with Crippen LogP contribution in [0, 0.1) is 28.1 Å². The quantitative estimate of drug-likeness (QED) is 0.509. The lowest BCUT2D eigenvalue weighted by atomic mass is 9.64. The van der Waals surface area contributed by atoms with Crippen molar-refractivity contribution < 1.29 is 24.6 Å². The van der Waals surface area contributed by atoms with Crippen molar-refractivity contribution in [1.29, 1.82) is 5.26 Å². The zero-order valence-corrected chi connectivity index (χ0v) is 22.9. The summed E-state index contributed by atoms with van der Waals surface area (Å²) in [6.45, 7) is 7.05. The van der Waals surface area contributed by atoms with Crippen molar-refractivity contribution in [3.05, 3.63) is 70.8 Å². The lowest BCUT2D eigenvalue weighted by Gasteiger charge is -2.53. The van der Waals surface area contributed by atoms with Crippen LogP contribution < -0.4 is 5.32 Å². The Bertz CT molecular complexity index is 1300. The molecule has 2 fully saturated rings. The van der Waals surface area contributed by atoms with E-state index >= 15 is 0 Å². The van der Waals surface area contributed by atoms with Gasteiger partial charge in [-0.25, -0.2) is 4.79 Å². The summed E-state index contributed by atoms with van der Waals surface area (Å²) < 4.78 is 0. The molecule has 1 saturated heterocycles. The molecule has 0 radical (unpaired) electrons. The van der Waals surface area contributed by atoms with Crippen molar-refractivity contribution in [3.8, 4) is 6.07 Å². The number of hydrogen-bond acceptors (Lipinski definition) is 5. The van der Waals surface area contributed by atoms with Gasteiger partial charge in [0.2, 0.25) is 5.91 Å². The third-order valence-electron chi connectivity index (χ3n) is 9.00. The predicted octanol–water partition coefficient (Wildman–Crippen LogP) is 4.33. The maximum atomic E-state index is 14.1. The van der Waals surface area contributed by atoms with E-state index in [4.69, 9.17) is 5.26 Å². The number of carbonyl (C=O) groups excluding carboxylic acids is 2. The van der Waals surface area contributed by atoms with E-state index < -0.39 is 22.4 Å². The van der Waals surface area contributed by atoms with Gasteiger partial charge in [0, 0.05) is 30.6 Å². The molecule has 3 atom stereocenters. The number of nitrogens with one attached hydrogen (secondary N) is 1. The number of aromatic carboxylic acids is 1. The molecule has 8 nitrogen and oxygen atoms in total. The van der Waals surface area contributed by atoms with E-state index in [1.807, 2.05) is 25.7 Å². The van der Waals surface area contributed by atoms with Crippen LogP contribution >= 0.6 is 0 Å². The molecule has 1 aliphatic carbocycles. The van der Waals surface area contributed by atoms with E-state index in [0.29, 0.717) is 31.6 Å². The molecule has 0 bridgehead atoms. The molecule has 2 amide bonds. The summed E-state index contributed by atoms with van der Waals surface area (Å²) in [7, 11) is 0. The van der Waals surface area contributed by atoms with E-state index in [-0.39, 0.29) is 28.9 Å². The molecule has 0 spiro atoms. The van der Waals surface area contributed by atoms with Gasteiger partial charge >= 0.3 is 5.97 Å². The largest absolute Gasteiger partial charge is 0.478 e. The van der Waals surface area contributed by atoms with Crippen LogP contribution in [0.1, 0.15) is 84.7 Å². The van der Waals surface area contributed by atoms with Gasteiger partial charge in [0.25, 0.3) is 5.91 Å². The number of carbonyl (C=O) groups is 3. The zero-order valence-electron chi connectivity index (χ0n) is 22.9. The molecule has 2 aromatic rings. The number of aliphatic hydroxyl groups is 1. The summed E-state index contributed by atoms with van der Waals surface area (Å²) in [5.41, 5.74) is -0.815. The van der Waals surface area contributed by atoms with Gasteiger partial charge in [-0.05, 0) is 61.1 Å². The molecular weight excluding hydrogens is 494 g/mol. The summed E-state index contributed by atoms with van der Waals surface area (Å²) in [5.74, 6) is -1.47. The minimum absolute atomic E-state index is 0.0456. The fraction of sp³-hybridized carbons (Fsp3) is 0.484. The monoisotopic (exact) mass is 531 g/mol. The highest BCUT2D eigenvalue weighted by atomic mass is 16.4. The van der Waals surface area contributed by atoms with Crippen LogP contribution in [0.4, 0.5) is 0 Å². The van der Waals surface area contributed by atoms with Gasteiger partial charge in [-0.15, -0.1) is 0 Å². The summed E-state index contributed by atoms with van der Waals surface area (Å²) >= 11 is 0. The second-order valence-electron chi connectivity index (χ2n) is 11.9. The van der Waals surface area contributed by atoms with Gasteiger partial charge < -0.3 is 20.4 Å². The summed E-state index contributed by atoms with van der Waals surface area (Å²) in [5, 5.41) is 33.1. The van der Waals surface area contributed by atoms with Crippen LogP contribution in [-0.4, -0.2) is 52.5 Å². The van der Waals surface area contributed by atoms with Crippen molar-refractivity contribution in [2.45, 2.75) is 58.5 Å². The average Bonchev–Trinajstić information content (AvgIpc) is 2.93. The van der Waals surface area contributed by atoms with Crippen molar-refractivity contribution in [2.24, 2.45) is 16.7 Å². The third-order valence-corrected chi connectivity index (χ3v) is 9.00. The second kappa shape index (κ2) is 10.8. The van der Waals surface area contributed by atoms with Crippen LogP contribution in [0.3, 0.4) is 0 Å². The molecule has 2 aromatic carbocycles. The van der Waals surface area contributed by atoms with Crippen molar-refractivity contribution >= 4 is 17.8 Å². The van der Waals surface area contributed by atoms with E-state index in [2.05, 4.69) is 11.4 Å². The number of benzene rings is 2. The molecule has 4 rings (SSSR count). The summed E-state index contributed by atoms with van der Waals surface area (Å²) in [4.78, 5) is 40.1. The van der Waals surface area contributed by atoms with Crippen LogP contribution in [0.25, 0.3) is 0 Å². The highest BCUT2D eigenvalue weighted by Crippen LogP contribution is 2.48. The lowest BCUT2D eigenvalue weighted by Crippen LogP contribution is -2.60. The Morgan fingerprint density at radius 2 is 1.74 bits per heavy atom. The number of piperidine rings is 1. The van der Waals surface area contributed by atoms with Crippen LogP contribution in [0.5, 0.6) is 0 Å². The Kier molecular flexibility index (Phi) is 7.85. The van der Waals surface area contributed by atoms with Gasteiger partial charge in [0.15, 0.2) is 0 Å². The van der Waals surface area contributed by atoms with Gasteiger partial charge in [-0.1, -0.05) is 51.8 Å². The molecule has 1 heterocycles. The fourth-order valence-corrected chi connectivity index (χ4v) is 6.34. The first kappa shape index (κ1) is 28.3. The fourth-order valence-electron chi connectivity index (χ4n) is 6.34. The maximum absolute atomic E-state index is 14.1. The van der Waals surface area contributed by atoms with E-state index in [1.165, 1.54) is 12.1 Å². The first-order chi connectivity index (χ1) is 18.4. The normalized spacial score (nSPS) is 26.3. The van der Waals surface area contributed by atoms with Crippen LogP contribution in [0.2, 0.25) is 0 Å². The number of carboxylic acid groups (broad SMARTS) is 1. The molecule has 39 heavy (non-hydrogen) atoms.